The van der Waals surface area contributed by atoms with Crippen LogP contribution in [0.25, 0.3) is 78.4 Å². The van der Waals surface area contributed by atoms with Gasteiger partial charge in [0.15, 0.2) is 5.82 Å². The molecule has 0 amide bonds. The minimum atomic E-state index is -0.367. The van der Waals surface area contributed by atoms with Crippen molar-refractivity contribution >= 4 is 0 Å². The summed E-state index contributed by atoms with van der Waals surface area (Å²) in [6.07, 6.45) is 0. The summed E-state index contributed by atoms with van der Waals surface area (Å²) in [4.78, 5) is 10.2. The summed E-state index contributed by atoms with van der Waals surface area (Å²) >= 11 is 0. The Balaban J connectivity index is 1.02. The first-order chi connectivity index (χ1) is 27.3. The Morgan fingerprint density at radius 3 is 1.15 bits per heavy atom. The van der Waals surface area contributed by atoms with Crippen LogP contribution in [-0.2, 0) is 5.41 Å². The zero-order valence-corrected chi connectivity index (χ0v) is 30.0. The van der Waals surface area contributed by atoms with E-state index in [1.54, 1.807) is 0 Å². The summed E-state index contributed by atoms with van der Waals surface area (Å²) in [5.41, 5.74) is 19.9. The molecule has 2 aliphatic carbocycles. The van der Waals surface area contributed by atoms with Gasteiger partial charge < -0.3 is 0 Å². The van der Waals surface area contributed by atoms with E-state index in [1.807, 2.05) is 12.1 Å². The van der Waals surface area contributed by atoms with Crippen molar-refractivity contribution in [2.75, 3.05) is 0 Å². The molecule has 0 fully saturated rings. The lowest BCUT2D eigenvalue weighted by Crippen LogP contribution is -2.25. The van der Waals surface area contributed by atoms with Crippen LogP contribution in [0.3, 0.4) is 0 Å². The highest BCUT2D eigenvalue weighted by Gasteiger charge is 2.51. The molecule has 1 spiro atoms. The second kappa shape index (κ2) is 12.5. The minimum Gasteiger partial charge on any atom is -0.228 e. The molecule has 2 aliphatic rings. The molecule has 11 rings (SSSR count). The van der Waals surface area contributed by atoms with Crippen molar-refractivity contribution in [3.05, 3.63) is 229 Å². The molecule has 55 heavy (non-hydrogen) atoms. The summed E-state index contributed by atoms with van der Waals surface area (Å²) in [6.45, 7) is 0. The molecule has 1 heterocycles. The van der Waals surface area contributed by atoms with Gasteiger partial charge in [-0.25, -0.2) is 9.97 Å². The molecule has 0 aliphatic heterocycles. The molecule has 1 aromatic heterocycles. The topological polar surface area (TPSA) is 25.8 Å². The zero-order chi connectivity index (χ0) is 36.3. The van der Waals surface area contributed by atoms with Crippen LogP contribution < -0.4 is 0 Å². The molecule has 0 saturated heterocycles. The maximum Gasteiger partial charge on any atom is 0.160 e. The summed E-state index contributed by atoms with van der Waals surface area (Å²) in [5.74, 6) is 0.707. The Morgan fingerprint density at radius 1 is 0.255 bits per heavy atom. The second-order valence-corrected chi connectivity index (χ2v) is 14.5. The average Bonchev–Trinajstić information content (AvgIpc) is 3.74. The maximum atomic E-state index is 5.11. The Bertz CT molecular complexity index is 2810. The number of nitrogens with zero attached hydrogens (tertiary/aromatic N) is 2. The van der Waals surface area contributed by atoms with Crippen LogP contribution in [-0.4, -0.2) is 9.97 Å². The molecular formula is C53H34N2. The van der Waals surface area contributed by atoms with E-state index in [1.165, 1.54) is 55.6 Å². The fourth-order valence-electron chi connectivity index (χ4n) is 9.08. The summed E-state index contributed by atoms with van der Waals surface area (Å²) < 4.78 is 0. The van der Waals surface area contributed by atoms with Gasteiger partial charge in [-0.3, -0.25) is 0 Å². The van der Waals surface area contributed by atoms with Crippen LogP contribution in [0.2, 0.25) is 0 Å². The Kier molecular flexibility index (Phi) is 7.11. The van der Waals surface area contributed by atoms with Gasteiger partial charge >= 0.3 is 0 Å². The van der Waals surface area contributed by atoms with Gasteiger partial charge in [0, 0.05) is 16.7 Å². The number of benzene rings is 8. The molecule has 0 radical (unpaired) electrons. The molecule has 8 aromatic carbocycles. The van der Waals surface area contributed by atoms with Gasteiger partial charge in [0.2, 0.25) is 0 Å². The Hall–Kier alpha value is -7.16. The molecule has 0 N–H and O–H groups in total. The smallest absolute Gasteiger partial charge is 0.160 e. The van der Waals surface area contributed by atoms with Crippen LogP contribution in [0.5, 0.6) is 0 Å². The first-order valence-electron chi connectivity index (χ1n) is 18.9. The van der Waals surface area contributed by atoms with Crippen LogP contribution >= 0.6 is 0 Å². The quantitative estimate of drug-likeness (QED) is 0.179. The van der Waals surface area contributed by atoms with Crippen molar-refractivity contribution in [2.45, 2.75) is 5.41 Å². The number of hydrogen-bond donors (Lipinski definition) is 0. The highest BCUT2D eigenvalue weighted by Crippen LogP contribution is 2.63. The SMILES string of the molecule is c1ccc(-c2cc(-c3ccccc3)nc(-c3cccc(-c4cccc(-c5ccc6c(c5)C5(c7ccccc7-c7ccccc75)c5ccccc5-6)c4)c3)n2)cc1. The lowest BCUT2D eigenvalue weighted by molar-refractivity contribution is 0.794. The highest BCUT2D eigenvalue weighted by atomic mass is 14.9. The fourth-order valence-corrected chi connectivity index (χ4v) is 9.08. The summed E-state index contributed by atoms with van der Waals surface area (Å²) in [5, 5.41) is 0. The molecule has 9 aromatic rings. The standard InChI is InChI=1S/C53H34N2/c1-3-15-35(16-4-1)50-34-51(36-17-5-2-6-18-36)55-52(54-50)41-22-14-21-39(32-41)37-19-13-20-38(31-37)40-29-30-45-44-25-9-12-28-48(44)53(49(45)33-40)46-26-10-7-23-42(46)43-24-8-11-27-47(43)53/h1-34H. The van der Waals surface area contributed by atoms with Gasteiger partial charge in [-0.05, 0) is 91.0 Å². The minimum absolute atomic E-state index is 0.367. The third kappa shape index (κ3) is 4.89. The third-order valence-electron chi connectivity index (χ3n) is 11.5. The van der Waals surface area contributed by atoms with Crippen LogP contribution in [0.4, 0.5) is 0 Å². The van der Waals surface area contributed by atoms with E-state index in [4.69, 9.17) is 9.97 Å². The van der Waals surface area contributed by atoms with E-state index in [2.05, 4.69) is 194 Å². The van der Waals surface area contributed by atoms with E-state index in [0.29, 0.717) is 5.82 Å². The highest BCUT2D eigenvalue weighted by molar-refractivity contribution is 5.96. The number of fused-ring (bicyclic) bond motifs is 10. The van der Waals surface area contributed by atoms with Crippen molar-refractivity contribution in [3.63, 3.8) is 0 Å². The number of rotatable bonds is 5. The van der Waals surface area contributed by atoms with E-state index >= 15 is 0 Å². The molecule has 2 heteroatoms. The van der Waals surface area contributed by atoms with Gasteiger partial charge in [-0.2, -0.15) is 0 Å². The van der Waals surface area contributed by atoms with E-state index in [0.717, 1.165) is 39.2 Å². The third-order valence-corrected chi connectivity index (χ3v) is 11.5. The van der Waals surface area contributed by atoms with Crippen LogP contribution in [0.1, 0.15) is 22.3 Å². The van der Waals surface area contributed by atoms with Gasteiger partial charge in [0.1, 0.15) is 0 Å². The van der Waals surface area contributed by atoms with Crippen LogP contribution in [0, 0.1) is 0 Å². The number of hydrogen-bond acceptors (Lipinski definition) is 2. The normalized spacial score (nSPS) is 12.9. The predicted octanol–water partition coefficient (Wildman–Crippen LogP) is 13.2. The first kappa shape index (κ1) is 31.4. The van der Waals surface area contributed by atoms with Crippen molar-refractivity contribution < 1.29 is 0 Å². The molecular weight excluding hydrogens is 665 g/mol. The van der Waals surface area contributed by atoms with E-state index < -0.39 is 0 Å². The first-order valence-corrected chi connectivity index (χ1v) is 18.9. The van der Waals surface area contributed by atoms with Gasteiger partial charge in [0.05, 0.1) is 16.8 Å². The van der Waals surface area contributed by atoms with E-state index in [9.17, 15) is 0 Å². The number of aromatic nitrogens is 2. The van der Waals surface area contributed by atoms with Crippen LogP contribution in [0.15, 0.2) is 206 Å². The molecule has 0 bridgehead atoms. The summed E-state index contributed by atoms with van der Waals surface area (Å²) in [7, 11) is 0. The maximum absolute atomic E-state index is 5.11. The molecule has 0 saturated carbocycles. The van der Waals surface area contributed by atoms with Gasteiger partial charge in [0.25, 0.3) is 0 Å². The molecule has 0 atom stereocenters. The largest absolute Gasteiger partial charge is 0.228 e. The van der Waals surface area contributed by atoms with Crippen molar-refractivity contribution in [3.8, 4) is 78.4 Å². The summed E-state index contributed by atoms with van der Waals surface area (Å²) in [6, 6.07) is 74.4. The van der Waals surface area contributed by atoms with Crippen molar-refractivity contribution in [2.24, 2.45) is 0 Å². The molecule has 0 unspecified atom stereocenters. The average molecular weight is 699 g/mol. The van der Waals surface area contributed by atoms with Gasteiger partial charge in [-0.1, -0.05) is 182 Å². The monoisotopic (exact) mass is 698 g/mol. The van der Waals surface area contributed by atoms with Crippen molar-refractivity contribution in [1.82, 2.24) is 9.97 Å². The fraction of sp³-hybridized carbons (Fsp3) is 0.0189. The molecule has 256 valence electrons. The lowest BCUT2D eigenvalue weighted by Gasteiger charge is -2.30. The lowest BCUT2D eigenvalue weighted by atomic mass is 9.70. The van der Waals surface area contributed by atoms with Crippen molar-refractivity contribution in [1.29, 1.82) is 0 Å². The molecule has 2 nitrogen and oxygen atoms in total. The Morgan fingerprint density at radius 2 is 0.636 bits per heavy atom. The zero-order valence-electron chi connectivity index (χ0n) is 30.0. The predicted molar refractivity (Wildman–Crippen MR) is 226 cm³/mol. The van der Waals surface area contributed by atoms with E-state index in [-0.39, 0.29) is 5.41 Å². The second-order valence-electron chi connectivity index (χ2n) is 14.5. The Labute approximate surface area is 321 Å². The van der Waals surface area contributed by atoms with Gasteiger partial charge in [-0.15, -0.1) is 0 Å².